The van der Waals surface area contributed by atoms with Crippen molar-refractivity contribution in [1.82, 2.24) is 0 Å². The second-order valence-electron chi connectivity index (χ2n) is 6.21. The molecule has 3 aliphatic rings. The fourth-order valence-electron chi connectivity index (χ4n) is 3.66. The van der Waals surface area contributed by atoms with Crippen LogP contribution in [0.3, 0.4) is 0 Å². The number of hydrogen-bond donors (Lipinski definition) is 0. The minimum atomic E-state index is 0. The molecule has 121 valence electrons. The van der Waals surface area contributed by atoms with Gasteiger partial charge in [0.15, 0.2) is 0 Å². The molecule has 1 radical (unpaired) electrons. The van der Waals surface area contributed by atoms with Crippen molar-refractivity contribution >= 4 is 11.1 Å². The molecule has 1 N–H and O–H groups in total. The molecule has 0 heterocycles. The molecule has 0 bridgehead atoms. The van der Waals surface area contributed by atoms with E-state index in [1.165, 1.54) is 33.4 Å². The van der Waals surface area contributed by atoms with E-state index >= 15 is 0 Å². The molecule has 4 rings (SSSR count). The predicted molar refractivity (Wildman–Crippen MR) is 98.8 cm³/mol. The Kier molecular flexibility index (Phi) is 5.31. The molecule has 0 aromatic heterocycles. The van der Waals surface area contributed by atoms with Crippen LogP contribution in [0, 0.1) is 5.92 Å². The number of fused-ring (bicyclic) bond motifs is 2. The van der Waals surface area contributed by atoms with Crippen LogP contribution in [0.25, 0.3) is 16.9 Å². The zero-order valence-corrected chi connectivity index (χ0v) is 16.2. The van der Waals surface area contributed by atoms with Crippen molar-refractivity contribution in [2.24, 2.45) is 5.92 Å². The summed E-state index contributed by atoms with van der Waals surface area (Å²) in [4.78, 5) is 0. The second-order valence-corrected chi connectivity index (χ2v) is 6.21. The SMILES string of the molecule is [NH-]CCC1=C/C(=C\C2=C3C=CC=CC3CC=C2)c2ccccc21.[Re]. The number of allylic oxidation sites excluding steroid dienone is 11. The molecule has 24 heavy (non-hydrogen) atoms. The molecule has 0 amide bonds. The van der Waals surface area contributed by atoms with E-state index in [1.54, 1.807) is 0 Å². The summed E-state index contributed by atoms with van der Waals surface area (Å²) in [5, 5.41) is 0. The standard InChI is InChI=1S/C22H20N.Re/c23-13-12-18-15-19(22-11-4-3-10-21(18)22)14-17-8-5-7-16-6-1-2-9-20(16)17;/h1-6,8-11,14-16,23H,7,12-13H2;/q-1;/b19-14+;. The van der Waals surface area contributed by atoms with Crippen molar-refractivity contribution in [2.75, 3.05) is 6.54 Å². The van der Waals surface area contributed by atoms with Gasteiger partial charge >= 0.3 is 0 Å². The summed E-state index contributed by atoms with van der Waals surface area (Å²) >= 11 is 0. The van der Waals surface area contributed by atoms with Crippen LogP contribution in [-0.2, 0) is 20.4 Å². The Bertz CT molecular complexity index is 818. The molecular formula is C22H20NRe-. The van der Waals surface area contributed by atoms with Crippen molar-refractivity contribution < 1.29 is 20.4 Å². The third-order valence-corrected chi connectivity index (χ3v) is 4.77. The minimum Gasteiger partial charge on any atom is -0.677 e. The van der Waals surface area contributed by atoms with Crippen LogP contribution in [-0.4, -0.2) is 6.54 Å². The van der Waals surface area contributed by atoms with Crippen LogP contribution in [0.2, 0.25) is 0 Å². The summed E-state index contributed by atoms with van der Waals surface area (Å²) in [6.07, 6.45) is 19.9. The Morgan fingerprint density at radius 3 is 2.75 bits per heavy atom. The molecule has 1 atom stereocenters. The number of benzene rings is 1. The molecule has 1 unspecified atom stereocenters. The van der Waals surface area contributed by atoms with Crippen LogP contribution in [0.5, 0.6) is 0 Å². The van der Waals surface area contributed by atoms with E-state index in [1.807, 2.05) is 0 Å². The largest absolute Gasteiger partial charge is 0.677 e. The van der Waals surface area contributed by atoms with Crippen LogP contribution in [0.4, 0.5) is 0 Å². The summed E-state index contributed by atoms with van der Waals surface area (Å²) in [5.74, 6) is 0.519. The molecule has 2 heteroatoms. The molecule has 1 nitrogen and oxygen atoms in total. The molecule has 0 spiro atoms. The molecule has 1 aromatic carbocycles. The maximum atomic E-state index is 7.55. The van der Waals surface area contributed by atoms with E-state index < -0.39 is 0 Å². The maximum absolute atomic E-state index is 7.55. The monoisotopic (exact) mass is 485 g/mol. The Hall–Kier alpha value is -1.72. The predicted octanol–water partition coefficient (Wildman–Crippen LogP) is 5.91. The van der Waals surface area contributed by atoms with Crippen molar-refractivity contribution in [3.8, 4) is 0 Å². The quantitative estimate of drug-likeness (QED) is 0.510. The third kappa shape index (κ3) is 3.10. The van der Waals surface area contributed by atoms with Gasteiger partial charge < -0.3 is 5.73 Å². The number of nitrogens with one attached hydrogen (secondary N) is 1. The van der Waals surface area contributed by atoms with Gasteiger partial charge in [0.25, 0.3) is 0 Å². The summed E-state index contributed by atoms with van der Waals surface area (Å²) in [6, 6.07) is 8.57. The third-order valence-electron chi connectivity index (χ3n) is 4.77. The molecular weight excluding hydrogens is 464 g/mol. The molecule has 0 aliphatic heterocycles. The van der Waals surface area contributed by atoms with Crippen molar-refractivity contribution in [3.05, 3.63) is 101 Å². The van der Waals surface area contributed by atoms with Gasteiger partial charge in [-0.25, -0.2) is 0 Å². The van der Waals surface area contributed by atoms with Gasteiger partial charge in [-0.3, -0.25) is 0 Å². The molecule has 0 saturated carbocycles. The minimum absolute atomic E-state index is 0. The normalized spacial score (nSPS) is 22.3. The Balaban J connectivity index is 0.00000169. The smallest absolute Gasteiger partial charge is 0.00616 e. The zero-order chi connectivity index (χ0) is 15.6. The molecule has 3 aliphatic carbocycles. The van der Waals surface area contributed by atoms with E-state index in [2.05, 4.69) is 72.9 Å². The summed E-state index contributed by atoms with van der Waals surface area (Å²) in [7, 11) is 0. The van der Waals surface area contributed by atoms with Crippen LogP contribution in [0.15, 0.2) is 84.0 Å². The molecule has 1 aromatic rings. The van der Waals surface area contributed by atoms with Gasteiger partial charge in [0, 0.05) is 26.3 Å². The first-order valence-corrected chi connectivity index (χ1v) is 8.29. The van der Waals surface area contributed by atoms with Gasteiger partial charge in [-0.15, -0.1) is 6.54 Å². The first-order chi connectivity index (χ1) is 11.4. The van der Waals surface area contributed by atoms with Crippen LogP contribution in [0.1, 0.15) is 24.0 Å². The summed E-state index contributed by atoms with van der Waals surface area (Å²) in [6.45, 7) is 0.441. The van der Waals surface area contributed by atoms with Gasteiger partial charge in [-0.05, 0) is 52.3 Å². The van der Waals surface area contributed by atoms with Gasteiger partial charge in [0.1, 0.15) is 0 Å². The van der Waals surface area contributed by atoms with Crippen molar-refractivity contribution in [2.45, 2.75) is 12.8 Å². The van der Waals surface area contributed by atoms with E-state index in [0.29, 0.717) is 12.5 Å². The molecule has 0 fully saturated rings. The average Bonchev–Trinajstić information content (AvgIpc) is 2.94. The Morgan fingerprint density at radius 1 is 1.08 bits per heavy atom. The van der Waals surface area contributed by atoms with Gasteiger partial charge in [0.2, 0.25) is 0 Å². The Morgan fingerprint density at radius 2 is 1.92 bits per heavy atom. The topological polar surface area (TPSA) is 23.8 Å². The first-order valence-electron chi connectivity index (χ1n) is 8.29. The summed E-state index contributed by atoms with van der Waals surface area (Å²) in [5.41, 5.74) is 15.5. The van der Waals surface area contributed by atoms with E-state index in [-0.39, 0.29) is 20.4 Å². The van der Waals surface area contributed by atoms with Crippen LogP contribution >= 0.6 is 0 Å². The fourth-order valence-corrected chi connectivity index (χ4v) is 3.66. The van der Waals surface area contributed by atoms with E-state index in [9.17, 15) is 0 Å². The van der Waals surface area contributed by atoms with Crippen molar-refractivity contribution in [1.29, 1.82) is 0 Å². The fraction of sp³-hybridized carbons (Fsp3) is 0.182. The average molecular weight is 485 g/mol. The zero-order valence-electron chi connectivity index (χ0n) is 13.5. The maximum Gasteiger partial charge on any atom is 0.00616 e. The van der Waals surface area contributed by atoms with E-state index in [0.717, 1.165) is 12.8 Å². The second kappa shape index (κ2) is 7.45. The van der Waals surface area contributed by atoms with Crippen LogP contribution < -0.4 is 0 Å². The van der Waals surface area contributed by atoms with Gasteiger partial charge in [-0.1, -0.05) is 66.8 Å². The molecule has 0 saturated heterocycles. The van der Waals surface area contributed by atoms with E-state index in [4.69, 9.17) is 5.73 Å². The Labute approximate surface area is 157 Å². The number of hydrogen-bond acceptors (Lipinski definition) is 0. The van der Waals surface area contributed by atoms with Gasteiger partial charge in [0.05, 0.1) is 0 Å². The summed E-state index contributed by atoms with van der Waals surface area (Å²) < 4.78 is 0. The van der Waals surface area contributed by atoms with Crippen molar-refractivity contribution in [3.63, 3.8) is 0 Å². The number of rotatable bonds is 3. The van der Waals surface area contributed by atoms with Gasteiger partial charge in [-0.2, -0.15) is 0 Å². The first kappa shape index (κ1) is 17.1.